The first-order chi connectivity index (χ1) is 13.6. The molecule has 29 heavy (non-hydrogen) atoms. The lowest BCUT2D eigenvalue weighted by Crippen LogP contribution is -2.55. The number of aliphatic imine (C=N–C) groups is 1. The molecule has 0 radical (unpaired) electrons. The maximum absolute atomic E-state index is 12.2. The van der Waals surface area contributed by atoms with Crippen molar-refractivity contribution in [2.45, 2.75) is 63.7 Å². The van der Waals surface area contributed by atoms with Crippen molar-refractivity contribution in [2.24, 2.45) is 16.5 Å². The van der Waals surface area contributed by atoms with E-state index in [9.17, 15) is 24.3 Å². The number of nitrogens with one attached hydrogen (secondary N) is 4. The Morgan fingerprint density at radius 3 is 2.28 bits per heavy atom. The first kappa shape index (κ1) is 24.1. The number of rotatable bonds is 11. The number of amides is 3. The monoisotopic (exact) mass is 413 g/mol. The Balaban J connectivity index is 2.46. The van der Waals surface area contributed by atoms with Gasteiger partial charge in [0.05, 0.1) is 6.04 Å². The summed E-state index contributed by atoms with van der Waals surface area (Å²) in [5.41, 5.74) is 10.4. The lowest BCUT2D eigenvalue weighted by molar-refractivity contribution is -0.142. The van der Waals surface area contributed by atoms with E-state index in [1.54, 1.807) is 0 Å². The van der Waals surface area contributed by atoms with Crippen molar-refractivity contribution in [3.8, 4) is 0 Å². The minimum atomic E-state index is -1.20. The van der Waals surface area contributed by atoms with Gasteiger partial charge in [-0.1, -0.05) is 0 Å². The topological polar surface area (TPSA) is 201 Å². The Morgan fingerprint density at radius 2 is 1.72 bits per heavy atom. The second-order valence-corrected chi connectivity index (χ2v) is 6.96. The average Bonchev–Trinajstić information content (AvgIpc) is 3.18. The number of aliphatic carboxylic acids is 1. The Bertz CT molecular complexity index is 630. The predicted molar refractivity (Wildman–Crippen MR) is 106 cm³/mol. The molecule has 0 spiro atoms. The number of hydrogen-bond acceptors (Lipinski definition) is 6. The van der Waals surface area contributed by atoms with Gasteiger partial charge < -0.3 is 37.8 Å². The summed E-state index contributed by atoms with van der Waals surface area (Å²) in [4.78, 5) is 51.6. The zero-order valence-corrected chi connectivity index (χ0v) is 16.7. The van der Waals surface area contributed by atoms with Crippen molar-refractivity contribution < 1.29 is 24.3 Å². The highest BCUT2D eigenvalue weighted by molar-refractivity contribution is 5.93. The maximum Gasteiger partial charge on any atom is 0.326 e. The molecule has 3 amide bonds. The summed E-state index contributed by atoms with van der Waals surface area (Å²) in [6.45, 7) is 3.93. The Kier molecular flexibility index (Phi) is 9.86. The van der Waals surface area contributed by atoms with E-state index in [4.69, 9.17) is 11.5 Å². The van der Waals surface area contributed by atoms with Gasteiger partial charge in [0, 0.05) is 6.54 Å². The van der Waals surface area contributed by atoms with Gasteiger partial charge in [0.1, 0.15) is 18.1 Å². The molecular formula is C17H31N7O5. The molecule has 0 aromatic carbocycles. The molecule has 9 N–H and O–H groups in total. The molecule has 1 aliphatic rings. The molecule has 0 aromatic rings. The maximum atomic E-state index is 12.2. The van der Waals surface area contributed by atoms with Gasteiger partial charge in [-0.25, -0.2) is 4.79 Å². The number of hydrogen-bond donors (Lipinski definition) is 7. The second-order valence-electron chi connectivity index (χ2n) is 6.96. The number of carbonyl (C=O) groups is 4. The molecule has 0 saturated carbocycles. The molecule has 0 bridgehead atoms. The third-order valence-electron chi connectivity index (χ3n) is 4.44. The van der Waals surface area contributed by atoms with Crippen LogP contribution in [0.25, 0.3) is 0 Å². The molecule has 4 atom stereocenters. The number of guanidine groups is 1. The first-order valence-electron chi connectivity index (χ1n) is 9.54. The van der Waals surface area contributed by atoms with Crippen molar-refractivity contribution in [1.29, 1.82) is 0 Å². The molecule has 12 nitrogen and oxygen atoms in total. The Labute approximate surface area is 169 Å². The molecule has 1 rings (SSSR count). The SMILES string of the molecule is CC(NC(=O)C(C)NC(=O)C1CCCN1)C(=O)NC(CCCN=C(N)N)C(=O)O. The highest BCUT2D eigenvalue weighted by Gasteiger charge is 2.27. The van der Waals surface area contributed by atoms with Gasteiger partial charge >= 0.3 is 5.97 Å². The summed E-state index contributed by atoms with van der Waals surface area (Å²) in [5, 5.41) is 19.7. The number of nitrogens with zero attached hydrogens (tertiary/aromatic N) is 1. The largest absolute Gasteiger partial charge is 0.480 e. The molecular weight excluding hydrogens is 382 g/mol. The van der Waals surface area contributed by atoms with E-state index in [1.165, 1.54) is 13.8 Å². The minimum absolute atomic E-state index is 0.0952. The fourth-order valence-electron chi connectivity index (χ4n) is 2.75. The number of carbonyl (C=O) groups excluding carboxylic acids is 3. The third-order valence-corrected chi connectivity index (χ3v) is 4.44. The van der Waals surface area contributed by atoms with Gasteiger partial charge in [0.15, 0.2) is 5.96 Å². The van der Waals surface area contributed by atoms with Crippen LogP contribution in [-0.4, -0.2) is 72.0 Å². The van der Waals surface area contributed by atoms with Gasteiger partial charge in [-0.2, -0.15) is 0 Å². The van der Waals surface area contributed by atoms with Crippen LogP contribution >= 0.6 is 0 Å². The molecule has 12 heteroatoms. The highest BCUT2D eigenvalue weighted by Crippen LogP contribution is 2.05. The Morgan fingerprint density at radius 1 is 1.10 bits per heavy atom. The van der Waals surface area contributed by atoms with Crippen molar-refractivity contribution in [1.82, 2.24) is 21.3 Å². The normalized spacial score (nSPS) is 18.8. The third kappa shape index (κ3) is 8.77. The van der Waals surface area contributed by atoms with Gasteiger partial charge in [-0.3, -0.25) is 19.4 Å². The molecule has 1 heterocycles. The fourth-order valence-corrected chi connectivity index (χ4v) is 2.75. The van der Waals surface area contributed by atoms with E-state index in [2.05, 4.69) is 26.3 Å². The average molecular weight is 413 g/mol. The van der Waals surface area contributed by atoms with Crippen LogP contribution < -0.4 is 32.7 Å². The van der Waals surface area contributed by atoms with Crippen molar-refractivity contribution in [3.63, 3.8) is 0 Å². The van der Waals surface area contributed by atoms with E-state index in [1.807, 2.05) is 0 Å². The van der Waals surface area contributed by atoms with E-state index < -0.39 is 35.9 Å². The van der Waals surface area contributed by atoms with E-state index in [0.29, 0.717) is 12.8 Å². The lowest BCUT2D eigenvalue weighted by atomic mass is 10.1. The molecule has 0 aromatic heterocycles. The number of carboxylic acids is 1. The summed E-state index contributed by atoms with van der Waals surface area (Å²) in [6.07, 6.45) is 2.08. The van der Waals surface area contributed by atoms with Crippen molar-refractivity contribution in [3.05, 3.63) is 0 Å². The van der Waals surface area contributed by atoms with Crippen LogP contribution in [0.2, 0.25) is 0 Å². The summed E-state index contributed by atoms with van der Waals surface area (Å²) < 4.78 is 0. The summed E-state index contributed by atoms with van der Waals surface area (Å²) in [6, 6.07) is -3.27. The van der Waals surface area contributed by atoms with E-state index in [0.717, 1.165) is 13.0 Å². The van der Waals surface area contributed by atoms with Crippen LogP contribution in [0, 0.1) is 0 Å². The molecule has 1 aliphatic heterocycles. The molecule has 1 fully saturated rings. The minimum Gasteiger partial charge on any atom is -0.480 e. The van der Waals surface area contributed by atoms with E-state index >= 15 is 0 Å². The van der Waals surface area contributed by atoms with Crippen LogP contribution in [-0.2, 0) is 19.2 Å². The fraction of sp³-hybridized carbons (Fsp3) is 0.706. The quantitative estimate of drug-likeness (QED) is 0.108. The molecule has 0 aliphatic carbocycles. The smallest absolute Gasteiger partial charge is 0.326 e. The summed E-state index contributed by atoms with van der Waals surface area (Å²) in [7, 11) is 0. The van der Waals surface area contributed by atoms with Crippen LogP contribution in [0.1, 0.15) is 39.5 Å². The summed E-state index contributed by atoms with van der Waals surface area (Å²) >= 11 is 0. The highest BCUT2D eigenvalue weighted by atomic mass is 16.4. The van der Waals surface area contributed by atoms with Gasteiger partial charge in [0.2, 0.25) is 17.7 Å². The zero-order chi connectivity index (χ0) is 22.0. The summed E-state index contributed by atoms with van der Waals surface area (Å²) in [5.74, 6) is -2.76. The van der Waals surface area contributed by atoms with Gasteiger partial charge in [0.25, 0.3) is 0 Å². The van der Waals surface area contributed by atoms with Crippen LogP contribution in [0.4, 0.5) is 0 Å². The zero-order valence-electron chi connectivity index (χ0n) is 16.7. The number of nitrogens with two attached hydrogens (primary N) is 2. The van der Waals surface area contributed by atoms with Crippen LogP contribution in [0.3, 0.4) is 0 Å². The van der Waals surface area contributed by atoms with Gasteiger partial charge in [-0.15, -0.1) is 0 Å². The molecule has 164 valence electrons. The standard InChI is InChI=1S/C17H31N7O5/c1-9(23-15(27)11-5-3-7-20-11)13(25)22-10(2)14(26)24-12(16(28)29)6-4-8-21-17(18)19/h9-12,20H,3-8H2,1-2H3,(H,22,25)(H,23,27)(H,24,26)(H,28,29)(H4,18,19,21). The van der Waals surface area contributed by atoms with E-state index in [-0.39, 0.29) is 30.9 Å². The first-order valence-corrected chi connectivity index (χ1v) is 9.54. The Hall–Kier alpha value is -2.89. The van der Waals surface area contributed by atoms with Crippen LogP contribution in [0.15, 0.2) is 4.99 Å². The van der Waals surface area contributed by atoms with Crippen molar-refractivity contribution >= 4 is 29.7 Å². The molecule has 1 saturated heterocycles. The predicted octanol–water partition coefficient (Wildman–Crippen LogP) is -2.63. The van der Waals surface area contributed by atoms with Gasteiger partial charge in [-0.05, 0) is 46.1 Å². The molecule has 4 unspecified atom stereocenters. The number of carboxylic acid groups (broad SMARTS) is 1. The second kappa shape index (κ2) is 11.8. The lowest BCUT2D eigenvalue weighted by Gasteiger charge is -2.21. The van der Waals surface area contributed by atoms with Crippen LogP contribution in [0.5, 0.6) is 0 Å². The van der Waals surface area contributed by atoms with Crippen molar-refractivity contribution in [2.75, 3.05) is 13.1 Å².